The zero-order valence-corrected chi connectivity index (χ0v) is 11.7. The summed E-state index contributed by atoms with van der Waals surface area (Å²) in [6, 6.07) is 9.49. The largest absolute Gasteiger partial charge is 0.331 e. The molecule has 2 aliphatic rings. The first kappa shape index (κ1) is 11.9. The van der Waals surface area contributed by atoms with E-state index in [0.29, 0.717) is 13.0 Å². The van der Waals surface area contributed by atoms with Crippen LogP contribution in [0.1, 0.15) is 43.6 Å². The van der Waals surface area contributed by atoms with Crippen molar-refractivity contribution in [3.8, 4) is 0 Å². The molecule has 1 unspecified atom stereocenters. The lowest BCUT2D eigenvalue weighted by molar-refractivity contribution is 0.0699. The van der Waals surface area contributed by atoms with E-state index in [4.69, 9.17) is 0 Å². The van der Waals surface area contributed by atoms with E-state index in [1.165, 1.54) is 0 Å². The molecular weight excluding hydrogens is 270 g/mol. The van der Waals surface area contributed by atoms with E-state index in [2.05, 4.69) is 0 Å². The smallest absolute Gasteiger partial charge is 0.254 e. The summed E-state index contributed by atoms with van der Waals surface area (Å²) < 4.78 is 0. The molecule has 1 aromatic heterocycles. The normalized spacial score (nSPS) is 21.0. The van der Waals surface area contributed by atoms with Crippen LogP contribution < -0.4 is 0 Å². The fraction of sp³-hybridized carbons (Fsp3) is 0.250. The highest BCUT2D eigenvalue weighted by Gasteiger charge is 2.38. The van der Waals surface area contributed by atoms with Crippen molar-refractivity contribution in [2.75, 3.05) is 6.54 Å². The van der Waals surface area contributed by atoms with Crippen LogP contribution in [0.4, 0.5) is 0 Å². The maximum absolute atomic E-state index is 12.5. The molecule has 0 spiro atoms. The van der Waals surface area contributed by atoms with E-state index in [0.717, 1.165) is 28.0 Å². The SMILES string of the molecule is O=C1CC2c3ccccc3C(=O)N2CCc2sccc21. The van der Waals surface area contributed by atoms with Gasteiger partial charge in [0.15, 0.2) is 5.78 Å². The number of carbonyl (C=O) groups excluding carboxylic acids is 2. The van der Waals surface area contributed by atoms with Gasteiger partial charge in [-0.25, -0.2) is 0 Å². The molecule has 0 saturated carbocycles. The second-order valence-electron chi connectivity index (χ2n) is 5.24. The van der Waals surface area contributed by atoms with Crippen LogP contribution in [0.3, 0.4) is 0 Å². The van der Waals surface area contributed by atoms with Crippen LogP contribution in [0.2, 0.25) is 0 Å². The number of carbonyl (C=O) groups is 2. The van der Waals surface area contributed by atoms with Gasteiger partial charge in [-0.15, -0.1) is 11.3 Å². The monoisotopic (exact) mass is 283 g/mol. The van der Waals surface area contributed by atoms with E-state index in [9.17, 15) is 9.59 Å². The summed E-state index contributed by atoms with van der Waals surface area (Å²) in [6.45, 7) is 0.693. The summed E-state index contributed by atoms with van der Waals surface area (Å²) >= 11 is 1.61. The minimum absolute atomic E-state index is 0.0680. The topological polar surface area (TPSA) is 37.4 Å². The zero-order chi connectivity index (χ0) is 13.7. The van der Waals surface area contributed by atoms with Gasteiger partial charge in [0.05, 0.1) is 6.04 Å². The van der Waals surface area contributed by atoms with Crippen LogP contribution in [0, 0.1) is 0 Å². The Hall–Kier alpha value is -1.94. The quantitative estimate of drug-likeness (QED) is 0.745. The molecule has 2 aliphatic heterocycles. The first-order chi connectivity index (χ1) is 9.75. The van der Waals surface area contributed by atoms with Crippen molar-refractivity contribution >= 4 is 23.0 Å². The Kier molecular flexibility index (Phi) is 2.54. The summed E-state index contributed by atoms with van der Waals surface area (Å²) in [5, 5.41) is 1.97. The van der Waals surface area contributed by atoms with E-state index >= 15 is 0 Å². The van der Waals surface area contributed by atoms with Crippen LogP contribution in [-0.4, -0.2) is 23.1 Å². The molecule has 100 valence electrons. The standard InChI is InChI=1S/C16H13NO2S/c18-14-9-13-10-3-1-2-4-11(10)16(19)17(13)7-5-15-12(14)6-8-20-15/h1-4,6,8,13H,5,7,9H2. The predicted molar refractivity (Wildman–Crippen MR) is 77.2 cm³/mol. The maximum Gasteiger partial charge on any atom is 0.254 e. The molecule has 0 radical (unpaired) electrons. The maximum atomic E-state index is 12.5. The van der Waals surface area contributed by atoms with Crippen LogP contribution in [0.15, 0.2) is 35.7 Å². The number of Topliss-reactive ketones (excluding diaryl/α,β-unsaturated/α-hetero) is 1. The molecule has 0 aliphatic carbocycles. The molecule has 20 heavy (non-hydrogen) atoms. The molecule has 3 heterocycles. The van der Waals surface area contributed by atoms with Gasteiger partial charge < -0.3 is 4.90 Å². The van der Waals surface area contributed by atoms with Gasteiger partial charge in [-0.1, -0.05) is 18.2 Å². The number of amides is 1. The molecule has 0 N–H and O–H groups in total. The summed E-state index contributed by atoms with van der Waals surface area (Å²) in [5.74, 6) is 0.221. The molecule has 1 aromatic carbocycles. The third-order valence-electron chi connectivity index (χ3n) is 4.19. The van der Waals surface area contributed by atoms with Crippen molar-refractivity contribution in [3.05, 3.63) is 57.3 Å². The number of hydrogen-bond acceptors (Lipinski definition) is 3. The van der Waals surface area contributed by atoms with E-state index in [-0.39, 0.29) is 17.7 Å². The Bertz CT molecular complexity index is 719. The number of thiophene rings is 1. The van der Waals surface area contributed by atoms with Crippen molar-refractivity contribution in [1.82, 2.24) is 4.90 Å². The number of ketones is 1. The summed E-state index contributed by atoms with van der Waals surface area (Å²) in [5.41, 5.74) is 2.62. The van der Waals surface area contributed by atoms with Crippen molar-refractivity contribution in [1.29, 1.82) is 0 Å². The van der Waals surface area contributed by atoms with Crippen molar-refractivity contribution in [2.45, 2.75) is 18.9 Å². The minimum atomic E-state index is -0.0840. The predicted octanol–water partition coefficient (Wildman–Crippen LogP) is 3.07. The third-order valence-corrected chi connectivity index (χ3v) is 5.17. The molecule has 1 amide bonds. The molecule has 4 rings (SSSR count). The number of benzene rings is 1. The van der Waals surface area contributed by atoms with Gasteiger partial charge in [-0.3, -0.25) is 9.59 Å². The molecule has 1 atom stereocenters. The lowest BCUT2D eigenvalue weighted by Crippen LogP contribution is -2.33. The van der Waals surface area contributed by atoms with Crippen LogP contribution in [-0.2, 0) is 6.42 Å². The Morgan fingerprint density at radius 1 is 1.10 bits per heavy atom. The number of rotatable bonds is 0. The second-order valence-corrected chi connectivity index (χ2v) is 6.24. The Balaban J connectivity index is 1.80. The highest BCUT2D eigenvalue weighted by molar-refractivity contribution is 7.10. The van der Waals surface area contributed by atoms with Gasteiger partial charge >= 0.3 is 0 Å². The zero-order valence-electron chi connectivity index (χ0n) is 10.8. The van der Waals surface area contributed by atoms with Crippen molar-refractivity contribution in [2.24, 2.45) is 0 Å². The minimum Gasteiger partial charge on any atom is -0.331 e. The number of fused-ring (bicyclic) bond motifs is 4. The highest BCUT2D eigenvalue weighted by atomic mass is 32.1. The molecule has 2 aromatic rings. The summed E-state index contributed by atoms with van der Waals surface area (Å²) in [4.78, 5) is 27.9. The average molecular weight is 283 g/mol. The van der Waals surface area contributed by atoms with Gasteiger partial charge in [-0.05, 0) is 23.1 Å². The van der Waals surface area contributed by atoms with Gasteiger partial charge in [0.25, 0.3) is 5.91 Å². The summed E-state index contributed by atoms with van der Waals surface area (Å²) in [7, 11) is 0. The molecule has 4 heteroatoms. The molecular formula is C16H13NO2S. The van der Waals surface area contributed by atoms with Crippen LogP contribution in [0.5, 0.6) is 0 Å². The number of hydrogen-bond donors (Lipinski definition) is 0. The first-order valence-corrected chi connectivity index (χ1v) is 7.63. The van der Waals surface area contributed by atoms with Crippen molar-refractivity contribution < 1.29 is 9.59 Å². The van der Waals surface area contributed by atoms with Gasteiger partial charge in [0.2, 0.25) is 0 Å². The molecule has 3 nitrogen and oxygen atoms in total. The number of nitrogens with zero attached hydrogens (tertiary/aromatic N) is 1. The molecule has 0 bridgehead atoms. The van der Waals surface area contributed by atoms with Gasteiger partial charge in [-0.2, -0.15) is 0 Å². The Morgan fingerprint density at radius 2 is 1.95 bits per heavy atom. The lowest BCUT2D eigenvalue weighted by atomic mass is 9.96. The van der Waals surface area contributed by atoms with Crippen LogP contribution >= 0.6 is 11.3 Å². The average Bonchev–Trinajstić information content (AvgIpc) is 3.00. The fourth-order valence-corrected chi connectivity index (χ4v) is 4.10. The third kappa shape index (κ3) is 1.58. The van der Waals surface area contributed by atoms with Gasteiger partial charge in [0.1, 0.15) is 0 Å². The van der Waals surface area contributed by atoms with E-state index in [1.807, 2.05) is 40.6 Å². The molecule has 0 fully saturated rings. The Labute approximate surface area is 120 Å². The van der Waals surface area contributed by atoms with Crippen LogP contribution in [0.25, 0.3) is 0 Å². The Morgan fingerprint density at radius 3 is 2.85 bits per heavy atom. The highest BCUT2D eigenvalue weighted by Crippen LogP contribution is 2.38. The first-order valence-electron chi connectivity index (χ1n) is 6.75. The van der Waals surface area contributed by atoms with Gasteiger partial charge in [0, 0.05) is 35.4 Å². The van der Waals surface area contributed by atoms with Crippen molar-refractivity contribution in [3.63, 3.8) is 0 Å². The van der Waals surface area contributed by atoms with E-state index < -0.39 is 0 Å². The molecule has 0 saturated heterocycles. The fourth-order valence-electron chi connectivity index (χ4n) is 3.21. The second kappa shape index (κ2) is 4.28. The lowest BCUT2D eigenvalue weighted by Gasteiger charge is -2.27. The van der Waals surface area contributed by atoms with E-state index in [1.54, 1.807) is 11.3 Å². The summed E-state index contributed by atoms with van der Waals surface area (Å²) in [6.07, 6.45) is 1.17.